The Morgan fingerprint density at radius 1 is 1.30 bits per heavy atom. The molecule has 4 heterocycles. The van der Waals surface area contributed by atoms with Gasteiger partial charge in [0, 0.05) is 44.1 Å². The molecule has 3 aromatic rings. The van der Waals surface area contributed by atoms with Crippen molar-refractivity contribution in [3.8, 4) is 6.07 Å². The number of halogens is 4. The lowest BCUT2D eigenvalue weighted by Crippen LogP contribution is -2.53. The zero-order valence-electron chi connectivity index (χ0n) is 21.7. The molecule has 208 valence electrons. The Morgan fingerprint density at radius 2 is 2.02 bits per heavy atom. The van der Waals surface area contributed by atoms with E-state index >= 15 is 0 Å². The number of likely N-dealkylation sites (N-methyl/N-ethyl adjacent to an activating group) is 1. The molecule has 2 aromatic heterocycles. The Labute approximate surface area is 225 Å². The van der Waals surface area contributed by atoms with Crippen molar-refractivity contribution >= 4 is 34.3 Å². The van der Waals surface area contributed by atoms with Gasteiger partial charge in [0.05, 0.1) is 23.0 Å². The van der Waals surface area contributed by atoms with Gasteiger partial charge in [0.15, 0.2) is 11.6 Å². The second kappa shape index (κ2) is 9.32. The molecule has 0 radical (unpaired) electrons. The standard InChI is InChI=1S/C27H24F4N6O3/c1-26(2,31)10-19(36(3)23(38)18-7-14-15(28)8-16(29)20(30)21(14)34-18)24(39)37-12-27(9-13(37)11-32)22-17(35-25(27)40)5-4-6-33-22/h4-8,13,19,34H,9-10,12H2,1-3H3,(H,35,40)/t13-,19?,27-/m0/s1. The van der Waals surface area contributed by atoms with E-state index in [0.29, 0.717) is 17.4 Å². The maximum Gasteiger partial charge on any atom is 0.270 e. The van der Waals surface area contributed by atoms with Gasteiger partial charge in [0.2, 0.25) is 11.8 Å². The van der Waals surface area contributed by atoms with Crippen molar-refractivity contribution in [2.75, 3.05) is 18.9 Å². The summed E-state index contributed by atoms with van der Waals surface area (Å²) in [5, 5.41) is 12.2. The zero-order chi connectivity index (χ0) is 29.1. The van der Waals surface area contributed by atoms with Gasteiger partial charge in [-0.3, -0.25) is 19.4 Å². The number of aromatic nitrogens is 2. The van der Waals surface area contributed by atoms with E-state index in [1.54, 1.807) is 12.1 Å². The third-order valence-electron chi connectivity index (χ3n) is 7.47. The summed E-state index contributed by atoms with van der Waals surface area (Å²) in [4.78, 5) is 49.1. The number of hydrogen-bond acceptors (Lipinski definition) is 5. The summed E-state index contributed by atoms with van der Waals surface area (Å²) in [5.74, 6) is -6.10. The van der Waals surface area contributed by atoms with Gasteiger partial charge in [-0.2, -0.15) is 5.26 Å². The molecule has 1 unspecified atom stereocenters. The van der Waals surface area contributed by atoms with Gasteiger partial charge in [-0.1, -0.05) is 0 Å². The van der Waals surface area contributed by atoms with E-state index in [1.165, 1.54) is 27.1 Å². The Hall–Kier alpha value is -4.47. The van der Waals surface area contributed by atoms with E-state index in [1.807, 2.05) is 6.07 Å². The lowest BCUT2D eigenvalue weighted by Gasteiger charge is -2.34. The van der Waals surface area contributed by atoms with Crippen LogP contribution in [0, 0.1) is 28.8 Å². The number of H-pyrrole nitrogens is 1. The molecule has 3 atom stereocenters. The lowest BCUT2D eigenvalue weighted by molar-refractivity contribution is -0.137. The van der Waals surface area contributed by atoms with Crippen LogP contribution in [0.25, 0.3) is 10.9 Å². The number of rotatable bonds is 5. The number of likely N-dealkylation sites (tertiary alicyclic amines) is 1. The SMILES string of the molecule is CN(C(=O)c1cc2c(F)cc(F)c(F)c2[nH]1)C(CC(C)(C)F)C(=O)N1C[C@]2(C[C@H]1C#N)C(=O)Nc1cccnc12. The summed E-state index contributed by atoms with van der Waals surface area (Å²) in [6, 6.07) is 4.08. The highest BCUT2D eigenvalue weighted by atomic mass is 19.2. The Bertz CT molecular complexity index is 1610. The van der Waals surface area contributed by atoms with Crippen LogP contribution in [0.15, 0.2) is 30.5 Å². The molecule has 1 aromatic carbocycles. The van der Waals surface area contributed by atoms with Crippen LogP contribution in [0.2, 0.25) is 0 Å². The fourth-order valence-electron chi connectivity index (χ4n) is 5.50. The predicted molar refractivity (Wildman–Crippen MR) is 134 cm³/mol. The van der Waals surface area contributed by atoms with Gasteiger partial charge in [-0.15, -0.1) is 0 Å². The summed E-state index contributed by atoms with van der Waals surface area (Å²) in [6.45, 7) is 2.19. The first kappa shape index (κ1) is 27.1. The van der Waals surface area contributed by atoms with Crippen LogP contribution < -0.4 is 5.32 Å². The molecule has 9 nitrogen and oxygen atoms in total. The van der Waals surface area contributed by atoms with E-state index in [9.17, 15) is 37.2 Å². The number of alkyl halides is 1. The second-order valence-corrected chi connectivity index (χ2v) is 10.7. The quantitative estimate of drug-likeness (QED) is 0.368. The molecule has 0 saturated carbocycles. The van der Waals surface area contributed by atoms with Crippen LogP contribution in [-0.2, 0) is 15.0 Å². The maximum atomic E-state index is 15.0. The molecule has 40 heavy (non-hydrogen) atoms. The molecule has 2 aliphatic heterocycles. The highest BCUT2D eigenvalue weighted by molar-refractivity contribution is 6.07. The number of anilines is 1. The van der Waals surface area contributed by atoms with Gasteiger partial charge in [0.1, 0.15) is 34.7 Å². The highest BCUT2D eigenvalue weighted by Crippen LogP contribution is 2.45. The van der Waals surface area contributed by atoms with E-state index in [4.69, 9.17) is 0 Å². The van der Waals surface area contributed by atoms with Crippen LogP contribution in [0.1, 0.15) is 42.9 Å². The molecule has 3 amide bonds. The first-order valence-electron chi connectivity index (χ1n) is 12.4. The smallest absolute Gasteiger partial charge is 0.270 e. The minimum Gasteiger partial charge on any atom is -0.348 e. The van der Waals surface area contributed by atoms with Crippen LogP contribution in [-0.4, -0.2) is 68.8 Å². The molecule has 2 aliphatic rings. The van der Waals surface area contributed by atoms with E-state index in [2.05, 4.69) is 15.3 Å². The third-order valence-corrected chi connectivity index (χ3v) is 7.47. The summed E-state index contributed by atoms with van der Waals surface area (Å²) in [7, 11) is 1.21. The number of nitrogens with one attached hydrogen (secondary N) is 2. The molecule has 1 spiro atoms. The Kier molecular flexibility index (Phi) is 6.32. The molecule has 5 rings (SSSR count). The van der Waals surface area contributed by atoms with Crippen molar-refractivity contribution in [1.82, 2.24) is 19.8 Å². The topological polar surface area (TPSA) is 122 Å². The summed E-state index contributed by atoms with van der Waals surface area (Å²) >= 11 is 0. The molecule has 1 saturated heterocycles. The van der Waals surface area contributed by atoms with Crippen molar-refractivity contribution in [1.29, 1.82) is 5.26 Å². The minimum atomic E-state index is -1.96. The highest BCUT2D eigenvalue weighted by Gasteiger charge is 2.58. The number of aromatic amines is 1. The van der Waals surface area contributed by atoms with Crippen molar-refractivity contribution < 1.29 is 31.9 Å². The largest absolute Gasteiger partial charge is 0.348 e. The van der Waals surface area contributed by atoms with Crippen LogP contribution >= 0.6 is 0 Å². The fraction of sp³-hybridized carbons (Fsp3) is 0.370. The van der Waals surface area contributed by atoms with Gasteiger partial charge in [0.25, 0.3) is 5.91 Å². The maximum absolute atomic E-state index is 15.0. The number of carbonyl (C=O) groups excluding carboxylic acids is 3. The zero-order valence-corrected chi connectivity index (χ0v) is 21.7. The van der Waals surface area contributed by atoms with Gasteiger partial charge >= 0.3 is 0 Å². The number of pyridine rings is 1. The first-order valence-corrected chi connectivity index (χ1v) is 12.4. The van der Waals surface area contributed by atoms with Crippen LogP contribution in [0.3, 0.4) is 0 Å². The van der Waals surface area contributed by atoms with Crippen molar-refractivity contribution in [3.05, 3.63) is 59.3 Å². The normalized spacial score (nSPS) is 20.9. The van der Waals surface area contributed by atoms with E-state index in [-0.39, 0.29) is 24.0 Å². The molecule has 1 fully saturated rings. The first-order chi connectivity index (χ1) is 18.8. The summed E-state index contributed by atoms with van der Waals surface area (Å²) in [6.07, 6.45) is 0.945. The minimum absolute atomic E-state index is 0.0549. The average molecular weight is 557 g/mol. The molecule has 13 heteroatoms. The molecular formula is C27H24F4N6O3. The van der Waals surface area contributed by atoms with E-state index in [0.717, 1.165) is 15.9 Å². The molecular weight excluding hydrogens is 532 g/mol. The van der Waals surface area contributed by atoms with Crippen molar-refractivity contribution in [2.24, 2.45) is 0 Å². The molecule has 0 aliphatic carbocycles. The molecule has 2 N–H and O–H groups in total. The van der Waals surface area contributed by atoms with Gasteiger partial charge in [-0.25, -0.2) is 17.6 Å². The van der Waals surface area contributed by atoms with Gasteiger partial charge < -0.3 is 20.1 Å². The second-order valence-electron chi connectivity index (χ2n) is 10.7. The number of carbonyl (C=O) groups is 3. The lowest BCUT2D eigenvalue weighted by atomic mass is 9.83. The average Bonchev–Trinajstić information content (AvgIpc) is 3.59. The van der Waals surface area contributed by atoms with Crippen molar-refractivity contribution in [3.63, 3.8) is 0 Å². The van der Waals surface area contributed by atoms with Gasteiger partial charge in [-0.05, 0) is 32.0 Å². The fourth-order valence-corrected chi connectivity index (χ4v) is 5.50. The van der Waals surface area contributed by atoms with E-state index < -0.39 is 70.3 Å². The number of amides is 3. The third kappa shape index (κ3) is 4.24. The Balaban J connectivity index is 1.50. The number of nitriles is 1. The van der Waals surface area contributed by atoms with Crippen molar-refractivity contribution in [2.45, 2.75) is 49.9 Å². The Morgan fingerprint density at radius 3 is 2.70 bits per heavy atom. The predicted octanol–water partition coefficient (Wildman–Crippen LogP) is 3.57. The number of nitrogens with zero attached hydrogens (tertiary/aromatic N) is 4. The number of benzene rings is 1. The van der Waals surface area contributed by atoms with Crippen LogP contribution in [0.5, 0.6) is 0 Å². The molecule has 0 bridgehead atoms. The number of fused-ring (bicyclic) bond motifs is 3. The monoisotopic (exact) mass is 556 g/mol. The van der Waals surface area contributed by atoms with Crippen LogP contribution in [0.4, 0.5) is 23.2 Å². The summed E-state index contributed by atoms with van der Waals surface area (Å²) in [5.41, 5.74) is -3.36. The summed E-state index contributed by atoms with van der Waals surface area (Å²) < 4.78 is 57.2. The number of hydrogen-bond donors (Lipinski definition) is 2.